The summed E-state index contributed by atoms with van der Waals surface area (Å²) in [6.07, 6.45) is 2.07. The fourth-order valence-electron chi connectivity index (χ4n) is 2.70. The molecule has 0 bridgehead atoms. The zero-order chi connectivity index (χ0) is 14.1. The molecule has 0 atom stereocenters. The van der Waals surface area contributed by atoms with Gasteiger partial charge in [-0.05, 0) is 31.6 Å². The molecule has 2 fully saturated rings. The summed E-state index contributed by atoms with van der Waals surface area (Å²) < 4.78 is 49.1. The molecule has 2 saturated heterocycles. The highest BCUT2D eigenvalue weighted by atomic mass is 35.5. The molecular formula is C11H20ClNO4S2. The van der Waals surface area contributed by atoms with E-state index in [1.165, 1.54) is 4.31 Å². The summed E-state index contributed by atoms with van der Waals surface area (Å²) in [6.45, 7) is 1.03. The van der Waals surface area contributed by atoms with Crippen molar-refractivity contribution in [3.63, 3.8) is 0 Å². The monoisotopic (exact) mass is 329 g/mol. The first-order valence-corrected chi connectivity index (χ1v) is 10.5. The van der Waals surface area contributed by atoms with Crippen molar-refractivity contribution in [1.82, 2.24) is 4.31 Å². The van der Waals surface area contributed by atoms with Crippen molar-refractivity contribution in [2.45, 2.75) is 30.9 Å². The van der Waals surface area contributed by atoms with E-state index in [0.717, 1.165) is 12.8 Å². The maximum atomic E-state index is 12.4. The number of halogens is 1. The van der Waals surface area contributed by atoms with E-state index in [-0.39, 0.29) is 24.3 Å². The second kappa shape index (κ2) is 5.87. The largest absolute Gasteiger partial charge is 0.229 e. The number of nitrogens with zero attached hydrogens (tertiary/aromatic N) is 1. The van der Waals surface area contributed by atoms with Crippen LogP contribution in [-0.2, 0) is 19.9 Å². The summed E-state index contributed by atoms with van der Waals surface area (Å²) in [4.78, 5) is 0. The molecular weight excluding hydrogens is 310 g/mol. The molecule has 2 rings (SSSR count). The van der Waals surface area contributed by atoms with Gasteiger partial charge in [-0.1, -0.05) is 0 Å². The Morgan fingerprint density at radius 2 is 1.58 bits per heavy atom. The first-order valence-electron chi connectivity index (χ1n) is 6.60. The van der Waals surface area contributed by atoms with E-state index in [2.05, 4.69) is 0 Å². The minimum atomic E-state index is -3.34. The molecule has 2 aliphatic heterocycles. The molecule has 0 aromatic carbocycles. The predicted octanol–water partition coefficient (Wildman–Crippen LogP) is 0.844. The quantitative estimate of drug-likeness (QED) is 0.719. The lowest BCUT2D eigenvalue weighted by atomic mass is 10.0. The molecule has 2 aliphatic rings. The van der Waals surface area contributed by atoms with Crippen LogP contribution >= 0.6 is 11.6 Å². The van der Waals surface area contributed by atoms with Gasteiger partial charge < -0.3 is 0 Å². The van der Waals surface area contributed by atoms with Crippen LogP contribution in [0.25, 0.3) is 0 Å². The number of rotatable bonds is 3. The van der Waals surface area contributed by atoms with Crippen LogP contribution in [-0.4, -0.2) is 56.9 Å². The molecule has 0 aromatic rings. The Balaban J connectivity index is 1.99. The first kappa shape index (κ1) is 15.5. The molecule has 0 aromatic heterocycles. The Hall–Kier alpha value is 0.150. The molecule has 0 N–H and O–H groups in total. The summed E-state index contributed by atoms with van der Waals surface area (Å²) in [5, 5.41) is -0.524. The van der Waals surface area contributed by atoms with E-state index < -0.39 is 25.1 Å². The third-order valence-electron chi connectivity index (χ3n) is 4.07. The fourth-order valence-corrected chi connectivity index (χ4v) is 6.77. The summed E-state index contributed by atoms with van der Waals surface area (Å²) in [5.74, 6) is 0.972. The Morgan fingerprint density at radius 3 is 2.05 bits per heavy atom. The normalized spacial score (nSPS) is 27.4. The van der Waals surface area contributed by atoms with E-state index in [0.29, 0.717) is 24.9 Å². The third-order valence-corrected chi connectivity index (χ3v) is 8.63. The molecule has 2 heterocycles. The molecule has 8 heteroatoms. The number of sulfonamides is 1. The van der Waals surface area contributed by atoms with Crippen molar-refractivity contribution >= 4 is 31.5 Å². The lowest BCUT2D eigenvalue weighted by Crippen LogP contribution is -2.46. The van der Waals surface area contributed by atoms with Crippen LogP contribution in [0.15, 0.2) is 0 Å². The number of piperidine rings is 1. The molecule has 5 nitrogen and oxygen atoms in total. The minimum absolute atomic E-state index is 0.00492. The first-order chi connectivity index (χ1) is 8.85. The van der Waals surface area contributed by atoms with Crippen LogP contribution in [0.5, 0.6) is 0 Å². The molecule has 0 spiro atoms. The van der Waals surface area contributed by atoms with Crippen molar-refractivity contribution in [2.75, 3.05) is 30.5 Å². The van der Waals surface area contributed by atoms with Crippen LogP contribution in [0.3, 0.4) is 0 Å². The van der Waals surface area contributed by atoms with E-state index in [1.54, 1.807) is 0 Å². The van der Waals surface area contributed by atoms with Crippen molar-refractivity contribution in [3.05, 3.63) is 0 Å². The lowest BCUT2D eigenvalue weighted by molar-refractivity contribution is 0.286. The SMILES string of the molecule is O=S1(=O)CCC(S(=O)(=O)N2CCC(CCl)CC2)CC1. The van der Waals surface area contributed by atoms with Gasteiger partial charge in [-0.2, -0.15) is 0 Å². The zero-order valence-corrected chi connectivity index (χ0v) is 13.2. The van der Waals surface area contributed by atoms with E-state index in [1.807, 2.05) is 0 Å². The minimum Gasteiger partial charge on any atom is -0.229 e. The molecule has 0 amide bonds. The average Bonchev–Trinajstić information content (AvgIpc) is 2.38. The van der Waals surface area contributed by atoms with Crippen LogP contribution in [0.2, 0.25) is 0 Å². The van der Waals surface area contributed by atoms with Crippen LogP contribution in [0.1, 0.15) is 25.7 Å². The van der Waals surface area contributed by atoms with E-state index in [4.69, 9.17) is 11.6 Å². The van der Waals surface area contributed by atoms with Gasteiger partial charge in [-0.15, -0.1) is 11.6 Å². The second-order valence-electron chi connectivity index (χ2n) is 5.39. The number of sulfone groups is 1. The summed E-state index contributed by atoms with van der Waals surface area (Å²) in [6, 6.07) is 0. The van der Waals surface area contributed by atoms with E-state index >= 15 is 0 Å². The third kappa shape index (κ3) is 3.62. The number of hydrogen-bond acceptors (Lipinski definition) is 4. The van der Waals surface area contributed by atoms with Gasteiger partial charge in [0.25, 0.3) is 0 Å². The molecule has 0 aliphatic carbocycles. The standard InChI is InChI=1S/C11H20ClNO4S2/c12-9-10-1-5-13(6-2-10)19(16,17)11-3-7-18(14,15)8-4-11/h10-11H,1-9H2. The Labute approximate surface area is 120 Å². The van der Waals surface area contributed by atoms with Crippen molar-refractivity contribution in [2.24, 2.45) is 5.92 Å². The van der Waals surface area contributed by atoms with Gasteiger partial charge in [0, 0.05) is 19.0 Å². The molecule has 0 radical (unpaired) electrons. The van der Waals surface area contributed by atoms with E-state index in [9.17, 15) is 16.8 Å². The van der Waals surface area contributed by atoms with Gasteiger partial charge in [0.2, 0.25) is 10.0 Å². The molecule has 19 heavy (non-hydrogen) atoms. The number of alkyl halides is 1. The van der Waals surface area contributed by atoms with Crippen LogP contribution in [0.4, 0.5) is 0 Å². The van der Waals surface area contributed by atoms with Crippen molar-refractivity contribution in [3.8, 4) is 0 Å². The van der Waals surface area contributed by atoms with Gasteiger partial charge in [-0.3, -0.25) is 0 Å². The van der Waals surface area contributed by atoms with Gasteiger partial charge in [-0.25, -0.2) is 21.1 Å². The van der Waals surface area contributed by atoms with Gasteiger partial charge >= 0.3 is 0 Å². The summed E-state index contributed by atoms with van der Waals surface area (Å²) in [5.41, 5.74) is 0. The van der Waals surface area contributed by atoms with Gasteiger partial charge in [0.1, 0.15) is 9.84 Å². The van der Waals surface area contributed by atoms with Crippen LogP contribution < -0.4 is 0 Å². The van der Waals surface area contributed by atoms with Crippen molar-refractivity contribution < 1.29 is 16.8 Å². The molecule has 0 unspecified atom stereocenters. The Bertz CT molecular complexity index is 495. The average molecular weight is 330 g/mol. The fraction of sp³-hybridized carbons (Fsp3) is 1.00. The number of hydrogen-bond donors (Lipinski definition) is 0. The highest BCUT2D eigenvalue weighted by Gasteiger charge is 2.37. The Kier molecular flexibility index (Phi) is 4.80. The highest BCUT2D eigenvalue weighted by molar-refractivity contribution is 7.92. The molecule has 112 valence electrons. The highest BCUT2D eigenvalue weighted by Crippen LogP contribution is 2.27. The van der Waals surface area contributed by atoms with Crippen LogP contribution in [0, 0.1) is 5.92 Å². The predicted molar refractivity (Wildman–Crippen MR) is 75.6 cm³/mol. The Morgan fingerprint density at radius 1 is 1.05 bits per heavy atom. The van der Waals surface area contributed by atoms with Gasteiger partial charge in [0.15, 0.2) is 0 Å². The summed E-state index contributed by atoms with van der Waals surface area (Å²) >= 11 is 5.79. The maximum Gasteiger partial charge on any atom is 0.217 e. The van der Waals surface area contributed by atoms with Crippen molar-refractivity contribution in [1.29, 1.82) is 0 Å². The maximum absolute atomic E-state index is 12.4. The molecule has 0 saturated carbocycles. The lowest BCUT2D eigenvalue weighted by Gasteiger charge is -2.34. The second-order valence-corrected chi connectivity index (χ2v) is 10.2. The summed E-state index contributed by atoms with van der Waals surface area (Å²) in [7, 11) is -6.36. The zero-order valence-electron chi connectivity index (χ0n) is 10.8. The van der Waals surface area contributed by atoms with Gasteiger partial charge in [0.05, 0.1) is 16.8 Å². The topological polar surface area (TPSA) is 71.5 Å². The smallest absolute Gasteiger partial charge is 0.217 e.